The Morgan fingerprint density at radius 1 is 1.15 bits per heavy atom. The van der Waals surface area contributed by atoms with Gasteiger partial charge in [-0.05, 0) is 48.7 Å². The normalized spacial score (nSPS) is 12.0. The molecule has 3 nitrogen and oxygen atoms in total. The fraction of sp³-hybridized carbons (Fsp3) is 0.294. The van der Waals surface area contributed by atoms with E-state index in [-0.39, 0.29) is 12.6 Å². The minimum Gasteiger partial charge on any atom is -0.496 e. The van der Waals surface area contributed by atoms with E-state index in [2.05, 4.69) is 24.4 Å². The number of anilines is 1. The van der Waals surface area contributed by atoms with Crippen LogP contribution in [-0.2, 0) is 0 Å². The molecule has 0 radical (unpaired) electrons. The van der Waals surface area contributed by atoms with Crippen molar-refractivity contribution in [2.45, 2.75) is 19.9 Å². The van der Waals surface area contributed by atoms with Crippen LogP contribution in [-0.4, -0.2) is 18.8 Å². The monoisotopic (exact) mass is 271 g/mol. The third kappa shape index (κ3) is 3.31. The second-order valence-corrected chi connectivity index (χ2v) is 4.98. The number of rotatable bonds is 5. The van der Waals surface area contributed by atoms with Gasteiger partial charge in [-0.1, -0.05) is 24.3 Å². The molecule has 0 bridgehead atoms. The lowest BCUT2D eigenvalue weighted by Crippen LogP contribution is -2.15. The van der Waals surface area contributed by atoms with Gasteiger partial charge in [-0.3, -0.25) is 0 Å². The molecule has 2 aromatic carbocycles. The van der Waals surface area contributed by atoms with Crippen molar-refractivity contribution in [2.24, 2.45) is 0 Å². The van der Waals surface area contributed by atoms with Crippen LogP contribution in [0.4, 0.5) is 5.69 Å². The molecule has 0 aliphatic heterocycles. The molecule has 2 N–H and O–H groups in total. The van der Waals surface area contributed by atoms with E-state index in [0.29, 0.717) is 0 Å². The highest BCUT2D eigenvalue weighted by molar-refractivity contribution is 5.48. The standard InChI is InChI=1S/C17H21NO2/c1-12-5-4-6-15(9-12)18-16(11-19)14-7-8-17(20-3)13(2)10-14/h4-10,16,18-19H,11H2,1-3H3. The third-order valence-electron chi connectivity index (χ3n) is 3.36. The summed E-state index contributed by atoms with van der Waals surface area (Å²) in [4.78, 5) is 0. The predicted octanol–water partition coefficient (Wildman–Crippen LogP) is 3.46. The highest BCUT2D eigenvalue weighted by Gasteiger charge is 2.11. The number of hydrogen-bond donors (Lipinski definition) is 2. The average molecular weight is 271 g/mol. The summed E-state index contributed by atoms with van der Waals surface area (Å²) in [5.41, 5.74) is 4.32. The molecule has 1 atom stereocenters. The van der Waals surface area contributed by atoms with Gasteiger partial charge < -0.3 is 15.2 Å². The summed E-state index contributed by atoms with van der Waals surface area (Å²) in [5.74, 6) is 0.862. The van der Waals surface area contributed by atoms with Crippen LogP contribution in [0.3, 0.4) is 0 Å². The zero-order valence-corrected chi connectivity index (χ0v) is 12.2. The third-order valence-corrected chi connectivity index (χ3v) is 3.36. The van der Waals surface area contributed by atoms with Crippen LogP contribution in [0.2, 0.25) is 0 Å². The lowest BCUT2D eigenvalue weighted by Gasteiger charge is -2.19. The van der Waals surface area contributed by atoms with E-state index >= 15 is 0 Å². The topological polar surface area (TPSA) is 41.5 Å². The molecular weight excluding hydrogens is 250 g/mol. The van der Waals surface area contributed by atoms with Crippen LogP contribution in [0, 0.1) is 13.8 Å². The van der Waals surface area contributed by atoms with Crippen LogP contribution in [0.1, 0.15) is 22.7 Å². The fourth-order valence-corrected chi connectivity index (χ4v) is 2.29. The van der Waals surface area contributed by atoms with Gasteiger partial charge in [-0.25, -0.2) is 0 Å². The summed E-state index contributed by atoms with van der Waals surface area (Å²) in [6.07, 6.45) is 0. The van der Waals surface area contributed by atoms with Crippen molar-refractivity contribution in [1.29, 1.82) is 0 Å². The number of benzene rings is 2. The van der Waals surface area contributed by atoms with E-state index in [4.69, 9.17) is 4.74 Å². The molecule has 0 amide bonds. The summed E-state index contributed by atoms with van der Waals surface area (Å²) in [6.45, 7) is 4.10. The van der Waals surface area contributed by atoms with Crippen molar-refractivity contribution in [3.05, 3.63) is 59.2 Å². The van der Waals surface area contributed by atoms with E-state index < -0.39 is 0 Å². The predicted molar refractivity (Wildman–Crippen MR) is 82.4 cm³/mol. The summed E-state index contributed by atoms with van der Waals surface area (Å²) < 4.78 is 5.26. The van der Waals surface area contributed by atoms with Crippen LogP contribution in [0.15, 0.2) is 42.5 Å². The minimum absolute atomic E-state index is 0.0414. The molecule has 3 heteroatoms. The Hall–Kier alpha value is -2.00. The van der Waals surface area contributed by atoms with Gasteiger partial charge in [0.1, 0.15) is 5.75 Å². The average Bonchev–Trinajstić information content (AvgIpc) is 2.44. The second kappa shape index (κ2) is 6.44. The number of aryl methyl sites for hydroxylation is 2. The quantitative estimate of drug-likeness (QED) is 0.875. The van der Waals surface area contributed by atoms with Crippen molar-refractivity contribution >= 4 is 5.69 Å². The molecule has 0 fully saturated rings. The molecule has 2 rings (SSSR count). The smallest absolute Gasteiger partial charge is 0.121 e. The first kappa shape index (κ1) is 14.4. The van der Waals surface area contributed by atoms with Crippen LogP contribution >= 0.6 is 0 Å². The zero-order valence-electron chi connectivity index (χ0n) is 12.2. The van der Waals surface area contributed by atoms with Gasteiger partial charge in [0, 0.05) is 5.69 Å². The molecular formula is C17H21NO2. The summed E-state index contributed by atoms with van der Waals surface area (Å²) >= 11 is 0. The van der Waals surface area contributed by atoms with Gasteiger partial charge in [0.05, 0.1) is 19.8 Å². The number of nitrogens with one attached hydrogen (secondary N) is 1. The first-order chi connectivity index (χ1) is 9.63. The molecule has 0 saturated carbocycles. The first-order valence-corrected chi connectivity index (χ1v) is 6.72. The Balaban J connectivity index is 2.22. The van der Waals surface area contributed by atoms with Crippen molar-refractivity contribution in [1.82, 2.24) is 0 Å². The lowest BCUT2D eigenvalue weighted by atomic mass is 10.0. The maximum absolute atomic E-state index is 9.63. The molecule has 106 valence electrons. The molecule has 2 aromatic rings. The van der Waals surface area contributed by atoms with E-state index in [1.165, 1.54) is 5.56 Å². The van der Waals surface area contributed by atoms with E-state index in [0.717, 1.165) is 22.6 Å². The molecule has 0 spiro atoms. The number of ether oxygens (including phenoxy) is 1. The maximum atomic E-state index is 9.63. The van der Waals surface area contributed by atoms with Crippen LogP contribution in [0.5, 0.6) is 5.75 Å². The zero-order chi connectivity index (χ0) is 14.5. The molecule has 20 heavy (non-hydrogen) atoms. The second-order valence-electron chi connectivity index (χ2n) is 4.98. The largest absolute Gasteiger partial charge is 0.496 e. The molecule has 0 saturated heterocycles. The van der Waals surface area contributed by atoms with E-state index in [1.54, 1.807) is 7.11 Å². The Morgan fingerprint density at radius 2 is 1.95 bits per heavy atom. The molecule has 0 heterocycles. The van der Waals surface area contributed by atoms with Gasteiger partial charge in [0.2, 0.25) is 0 Å². The van der Waals surface area contributed by atoms with Gasteiger partial charge in [0.15, 0.2) is 0 Å². The van der Waals surface area contributed by atoms with Crippen molar-refractivity contribution in [3.63, 3.8) is 0 Å². The first-order valence-electron chi connectivity index (χ1n) is 6.72. The summed E-state index contributed by atoms with van der Waals surface area (Å²) in [7, 11) is 1.66. The van der Waals surface area contributed by atoms with Gasteiger partial charge in [0.25, 0.3) is 0 Å². The molecule has 0 aliphatic rings. The minimum atomic E-state index is -0.124. The van der Waals surface area contributed by atoms with E-state index in [1.807, 2.05) is 37.3 Å². The summed E-state index contributed by atoms with van der Waals surface area (Å²) in [6, 6.07) is 14.0. The van der Waals surface area contributed by atoms with Gasteiger partial charge in [-0.15, -0.1) is 0 Å². The number of hydrogen-bond acceptors (Lipinski definition) is 3. The highest BCUT2D eigenvalue weighted by atomic mass is 16.5. The van der Waals surface area contributed by atoms with Crippen molar-refractivity contribution < 1.29 is 9.84 Å². The Morgan fingerprint density at radius 3 is 2.55 bits per heavy atom. The lowest BCUT2D eigenvalue weighted by molar-refractivity contribution is 0.276. The van der Waals surface area contributed by atoms with Crippen molar-refractivity contribution in [3.8, 4) is 5.75 Å². The van der Waals surface area contributed by atoms with Crippen molar-refractivity contribution in [2.75, 3.05) is 19.0 Å². The van der Waals surface area contributed by atoms with Crippen LogP contribution < -0.4 is 10.1 Å². The number of aliphatic hydroxyl groups excluding tert-OH is 1. The summed E-state index contributed by atoms with van der Waals surface area (Å²) in [5, 5.41) is 13.0. The highest BCUT2D eigenvalue weighted by Crippen LogP contribution is 2.25. The van der Waals surface area contributed by atoms with Gasteiger partial charge >= 0.3 is 0 Å². The maximum Gasteiger partial charge on any atom is 0.121 e. The van der Waals surface area contributed by atoms with Gasteiger partial charge in [-0.2, -0.15) is 0 Å². The Bertz CT molecular complexity index is 581. The fourth-order valence-electron chi connectivity index (χ4n) is 2.29. The molecule has 0 aromatic heterocycles. The molecule has 1 unspecified atom stereocenters. The Labute approximate surface area is 120 Å². The van der Waals surface area contributed by atoms with Crippen LogP contribution in [0.25, 0.3) is 0 Å². The SMILES string of the molecule is COc1ccc(C(CO)Nc2cccc(C)c2)cc1C. The number of aliphatic hydroxyl groups is 1. The number of methoxy groups -OCH3 is 1. The molecule has 0 aliphatic carbocycles. The Kier molecular flexibility index (Phi) is 4.64. The van der Waals surface area contributed by atoms with E-state index in [9.17, 15) is 5.11 Å².